The first-order valence-electron chi connectivity index (χ1n) is 18.8. The van der Waals surface area contributed by atoms with Gasteiger partial charge in [-0.05, 0) is 100 Å². The maximum atomic E-state index is 13.4. The van der Waals surface area contributed by atoms with Crippen molar-refractivity contribution in [2.45, 2.75) is 79.2 Å². The monoisotopic (exact) mass is 821 g/mol. The van der Waals surface area contributed by atoms with Crippen LogP contribution < -0.4 is 10.6 Å². The minimum Gasteiger partial charge on any atom is -0.462 e. The molecule has 6 rings (SSSR count). The van der Waals surface area contributed by atoms with Gasteiger partial charge >= 0.3 is 23.9 Å². The highest BCUT2D eigenvalue weighted by Crippen LogP contribution is 2.41. The molecule has 3 aliphatic rings. The lowest BCUT2D eigenvalue weighted by Crippen LogP contribution is -2.44. The molecule has 1 aliphatic heterocycles. The number of anilines is 2. The highest BCUT2D eigenvalue weighted by molar-refractivity contribution is 7.17. The van der Waals surface area contributed by atoms with E-state index in [4.69, 9.17) is 18.9 Å². The highest BCUT2D eigenvalue weighted by atomic mass is 32.1. The number of rotatable bonds is 13. The van der Waals surface area contributed by atoms with Gasteiger partial charge in [-0.1, -0.05) is 13.8 Å². The van der Waals surface area contributed by atoms with Crippen molar-refractivity contribution in [3.05, 3.63) is 66.9 Å². The largest absolute Gasteiger partial charge is 0.462 e. The van der Waals surface area contributed by atoms with Crippen molar-refractivity contribution in [3.8, 4) is 0 Å². The molecule has 0 unspecified atom stereocenters. The lowest BCUT2D eigenvalue weighted by molar-refractivity contribution is -0.150. The third-order valence-corrected chi connectivity index (χ3v) is 12.4. The first-order valence-corrected chi connectivity index (χ1v) is 20.4. The smallest absolute Gasteiger partial charge is 0.341 e. The molecule has 0 saturated heterocycles. The van der Waals surface area contributed by atoms with Gasteiger partial charge in [0.05, 0.1) is 41.0 Å². The first-order chi connectivity index (χ1) is 27.2. The Labute approximate surface area is 336 Å². The van der Waals surface area contributed by atoms with Crippen LogP contribution in [0.4, 0.5) is 10.0 Å². The fourth-order valence-corrected chi connectivity index (χ4v) is 9.99. The molecule has 1 aromatic carbocycles. The summed E-state index contributed by atoms with van der Waals surface area (Å²) in [4.78, 5) is 107. The van der Waals surface area contributed by atoms with Gasteiger partial charge < -0.3 is 29.6 Å². The van der Waals surface area contributed by atoms with E-state index in [0.29, 0.717) is 50.7 Å². The number of benzene rings is 1. The van der Waals surface area contributed by atoms with Crippen LogP contribution in [0.25, 0.3) is 0 Å². The Morgan fingerprint density at radius 3 is 1.72 bits per heavy atom. The van der Waals surface area contributed by atoms with E-state index in [0.717, 1.165) is 52.6 Å². The molecule has 0 bridgehead atoms. The third-order valence-electron chi connectivity index (χ3n) is 10.1. The molecule has 4 amide bonds. The predicted molar refractivity (Wildman–Crippen MR) is 208 cm³/mol. The molecule has 0 saturated carbocycles. The van der Waals surface area contributed by atoms with Crippen LogP contribution >= 0.6 is 22.7 Å². The standard InChI is InChI=1S/C40H43N3O12S2/c1-6-52-39(50)31-24-11-8-19(3)14-27(24)56-33(31)41-29(44)17-54-37(48)21(5)43-35(46)23-13-10-22(16-26(23)36(43)47)38(49)55-18-30(45)42-34-32(40(51)53-7-2)25-12-9-20(4)15-28(25)57-34/h10,13,16,19-21H,6-9,11-12,14-15,17-18H2,1-5H3,(H,41,44)(H,42,45)/t19-,20-,21+/m0/s1. The zero-order chi connectivity index (χ0) is 41.1. The average molecular weight is 822 g/mol. The molecule has 2 aliphatic carbocycles. The Balaban J connectivity index is 1.05. The van der Waals surface area contributed by atoms with Gasteiger partial charge in [-0.15, -0.1) is 22.7 Å². The molecule has 2 N–H and O–H groups in total. The fraction of sp³-hybridized carbons (Fsp3) is 0.450. The van der Waals surface area contributed by atoms with Crippen LogP contribution in [0.15, 0.2) is 18.2 Å². The van der Waals surface area contributed by atoms with Crippen LogP contribution in [0, 0.1) is 11.8 Å². The Bertz CT molecular complexity index is 2170. The molecule has 3 heterocycles. The fourth-order valence-electron chi connectivity index (χ4n) is 7.16. The van der Waals surface area contributed by atoms with Crippen LogP contribution in [0.1, 0.15) is 120 Å². The summed E-state index contributed by atoms with van der Waals surface area (Å²) in [7, 11) is 0. The number of nitrogens with zero attached hydrogens (tertiary/aromatic N) is 1. The number of nitrogens with one attached hydrogen (secondary N) is 2. The second-order valence-electron chi connectivity index (χ2n) is 14.2. The molecule has 15 nitrogen and oxygen atoms in total. The van der Waals surface area contributed by atoms with Crippen molar-refractivity contribution in [2.75, 3.05) is 37.1 Å². The second kappa shape index (κ2) is 17.4. The molecule has 17 heteroatoms. The number of esters is 4. The summed E-state index contributed by atoms with van der Waals surface area (Å²) >= 11 is 2.57. The van der Waals surface area contributed by atoms with Gasteiger partial charge in [0.25, 0.3) is 23.6 Å². The van der Waals surface area contributed by atoms with Gasteiger partial charge in [0.1, 0.15) is 16.0 Å². The number of hydrogen-bond acceptors (Lipinski definition) is 14. The number of carbonyl (C=O) groups is 8. The van der Waals surface area contributed by atoms with Crippen molar-refractivity contribution in [1.82, 2.24) is 4.90 Å². The van der Waals surface area contributed by atoms with E-state index in [-0.39, 0.29) is 29.9 Å². The number of hydrogen-bond donors (Lipinski definition) is 2. The van der Waals surface area contributed by atoms with Crippen molar-refractivity contribution in [2.24, 2.45) is 11.8 Å². The van der Waals surface area contributed by atoms with Crippen molar-refractivity contribution >= 4 is 80.2 Å². The maximum absolute atomic E-state index is 13.4. The Hall–Kier alpha value is -5.42. The first kappa shape index (κ1) is 41.2. The van der Waals surface area contributed by atoms with Crippen molar-refractivity contribution in [1.29, 1.82) is 0 Å². The SMILES string of the molecule is CCOC(=O)c1c(NC(=O)COC(=O)c2ccc3c(c2)C(=O)N([C@H](C)C(=O)OCC(=O)Nc2sc4c(c2C(=O)OCC)CC[C@H](C)C4)C3=O)sc2c1CC[C@H](C)C2. The zero-order valence-electron chi connectivity index (χ0n) is 32.2. The number of carbonyl (C=O) groups excluding carboxylic acids is 8. The molecular formula is C40H43N3O12S2. The summed E-state index contributed by atoms with van der Waals surface area (Å²) in [6.07, 6.45) is 4.65. The minimum atomic E-state index is -1.44. The molecule has 2 aromatic heterocycles. The lowest BCUT2D eigenvalue weighted by atomic mass is 9.88. The van der Waals surface area contributed by atoms with Crippen molar-refractivity contribution < 1.29 is 57.3 Å². The van der Waals surface area contributed by atoms with E-state index < -0.39 is 66.8 Å². The summed E-state index contributed by atoms with van der Waals surface area (Å²) in [6, 6.07) is 2.18. The van der Waals surface area contributed by atoms with Gasteiger partial charge in [-0.3, -0.25) is 24.1 Å². The summed E-state index contributed by atoms with van der Waals surface area (Å²) in [6.45, 7) is 7.73. The molecule has 302 valence electrons. The molecule has 57 heavy (non-hydrogen) atoms. The Morgan fingerprint density at radius 1 is 0.719 bits per heavy atom. The van der Waals surface area contributed by atoms with Crippen LogP contribution in [0.3, 0.4) is 0 Å². The van der Waals surface area contributed by atoms with Crippen LogP contribution in [-0.2, 0) is 59.0 Å². The molecule has 0 spiro atoms. The number of thiophene rings is 2. The maximum Gasteiger partial charge on any atom is 0.341 e. The summed E-state index contributed by atoms with van der Waals surface area (Å²) in [5, 5.41) is 5.95. The zero-order valence-corrected chi connectivity index (χ0v) is 33.8. The Kier molecular flexibility index (Phi) is 12.6. The highest BCUT2D eigenvalue weighted by Gasteiger charge is 2.42. The number of amides is 4. The quantitative estimate of drug-likeness (QED) is 0.127. The molecule has 3 atom stereocenters. The third kappa shape index (κ3) is 8.63. The van der Waals surface area contributed by atoms with Crippen LogP contribution in [0.2, 0.25) is 0 Å². The molecular weight excluding hydrogens is 779 g/mol. The van der Waals surface area contributed by atoms with E-state index in [1.165, 1.54) is 41.7 Å². The van der Waals surface area contributed by atoms with Gasteiger partial charge in [0.15, 0.2) is 13.2 Å². The predicted octanol–water partition coefficient (Wildman–Crippen LogP) is 5.37. The molecule has 3 aromatic rings. The van der Waals surface area contributed by atoms with Crippen LogP contribution in [0.5, 0.6) is 0 Å². The second-order valence-corrected chi connectivity index (χ2v) is 16.5. The van der Waals surface area contributed by atoms with Gasteiger partial charge in [-0.25, -0.2) is 19.2 Å². The van der Waals surface area contributed by atoms with E-state index in [1.807, 2.05) is 0 Å². The summed E-state index contributed by atoms with van der Waals surface area (Å²) in [5.74, 6) is -5.35. The topological polar surface area (TPSA) is 201 Å². The number of fused-ring (bicyclic) bond motifs is 3. The summed E-state index contributed by atoms with van der Waals surface area (Å²) in [5.41, 5.74) is 1.94. The van der Waals surface area contributed by atoms with Gasteiger partial charge in [0.2, 0.25) is 0 Å². The average Bonchev–Trinajstić information content (AvgIpc) is 3.79. The molecule has 0 radical (unpaired) electrons. The van der Waals surface area contributed by atoms with Crippen LogP contribution in [-0.4, -0.2) is 84.9 Å². The van der Waals surface area contributed by atoms with Gasteiger partial charge in [0, 0.05) is 9.75 Å². The normalized spacial score (nSPS) is 17.5. The minimum absolute atomic E-state index is 0.0726. The summed E-state index contributed by atoms with van der Waals surface area (Å²) < 4.78 is 20.9. The van der Waals surface area contributed by atoms with E-state index in [2.05, 4.69) is 24.5 Å². The van der Waals surface area contributed by atoms with Crippen molar-refractivity contribution in [3.63, 3.8) is 0 Å². The van der Waals surface area contributed by atoms with Gasteiger partial charge in [-0.2, -0.15) is 0 Å². The molecule has 0 fully saturated rings. The number of imide groups is 1. The number of ether oxygens (including phenoxy) is 4. The van der Waals surface area contributed by atoms with E-state index in [1.54, 1.807) is 13.8 Å². The Morgan fingerprint density at radius 2 is 1.21 bits per heavy atom. The van der Waals surface area contributed by atoms with E-state index >= 15 is 0 Å². The van der Waals surface area contributed by atoms with E-state index in [9.17, 15) is 38.4 Å². The lowest BCUT2D eigenvalue weighted by Gasteiger charge is -2.20.